The Morgan fingerprint density at radius 2 is 1.48 bits per heavy atom. The molecule has 1 aromatic heterocycles. The lowest BCUT2D eigenvalue weighted by atomic mass is 9.74. The van der Waals surface area contributed by atoms with Crippen LogP contribution in [0.3, 0.4) is 0 Å². The van der Waals surface area contributed by atoms with E-state index < -0.39 is 6.04 Å². The van der Waals surface area contributed by atoms with Gasteiger partial charge in [-0.15, -0.1) is 0 Å². The van der Waals surface area contributed by atoms with Gasteiger partial charge in [-0.05, 0) is 54.2 Å². The molecule has 1 amide bonds. The molecule has 0 saturated carbocycles. The van der Waals surface area contributed by atoms with Crippen LogP contribution in [0.2, 0.25) is 0 Å². The van der Waals surface area contributed by atoms with E-state index >= 15 is 0 Å². The first-order chi connectivity index (χ1) is 22.3. The Bertz CT molecular complexity index is 1710. The van der Waals surface area contributed by atoms with E-state index in [2.05, 4.69) is 89.6 Å². The molecule has 7 nitrogen and oxygen atoms in total. The number of anilines is 2. The van der Waals surface area contributed by atoms with Gasteiger partial charge in [0.1, 0.15) is 17.6 Å². The minimum absolute atomic E-state index is 0.0475. The molecule has 46 heavy (non-hydrogen) atoms. The number of piperazine rings is 1. The molecule has 3 heterocycles. The lowest BCUT2D eigenvalue weighted by Crippen LogP contribution is -2.52. The summed E-state index contributed by atoms with van der Waals surface area (Å²) in [6.45, 7) is 9.13. The number of hydrogen-bond donors (Lipinski definition) is 1. The molecule has 7 heteroatoms. The van der Waals surface area contributed by atoms with Crippen molar-refractivity contribution in [3.8, 4) is 0 Å². The van der Waals surface area contributed by atoms with E-state index in [9.17, 15) is 9.59 Å². The normalized spacial score (nSPS) is 19.8. The zero-order chi connectivity index (χ0) is 31.8. The van der Waals surface area contributed by atoms with Gasteiger partial charge in [-0.1, -0.05) is 86.6 Å². The maximum atomic E-state index is 14.2. The molecule has 1 saturated heterocycles. The van der Waals surface area contributed by atoms with Gasteiger partial charge < -0.3 is 19.5 Å². The fraction of sp³-hybridized carbons (Fsp3) is 0.333. The minimum Gasteiger partial charge on any atom is -0.464 e. The van der Waals surface area contributed by atoms with Gasteiger partial charge in [0.15, 0.2) is 5.78 Å². The number of Topliss-reactive ketones (excluding diaryl/α,β-unsaturated/α-hetero) is 1. The van der Waals surface area contributed by atoms with Gasteiger partial charge in [0.05, 0.1) is 24.0 Å². The van der Waals surface area contributed by atoms with Gasteiger partial charge in [0, 0.05) is 43.9 Å². The van der Waals surface area contributed by atoms with E-state index in [-0.39, 0.29) is 29.7 Å². The van der Waals surface area contributed by atoms with E-state index in [1.165, 1.54) is 11.1 Å². The maximum absolute atomic E-state index is 14.2. The number of ketones is 1. The van der Waals surface area contributed by atoms with Gasteiger partial charge in [-0.3, -0.25) is 14.5 Å². The summed E-state index contributed by atoms with van der Waals surface area (Å²) in [4.78, 5) is 34.7. The lowest BCUT2D eigenvalue weighted by Gasteiger charge is -2.41. The predicted molar refractivity (Wildman–Crippen MR) is 182 cm³/mol. The second-order valence-electron chi connectivity index (χ2n) is 13.6. The first kappa shape index (κ1) is 30.1. The van der Waals surface area contributed by atoms with Crippen LogP contribution in [0, 0.1) is 12.3 Å². The summed E-state index contributed by atoms with van der Waals surface area (Å²) in [5.41, 5.74) is 5.76. The third-order valence-electron chi connectivity index (χ3n) is 9.60. The summed E-state index contributed by atoms with van der Waals surface area (Å²) >= 11 is 0. The molecule has 1 unspecified atom stereocenters. The van der Waals surface area contributed by atoms with Crippen LogP contribution in [0.25, 0.3) is 0 Å². The van der Waals surface area contributed by atoms with E-state index in [1.54, 1.807) is 0 Å². The second-order valence-corrected chi connectivity index (χ2v) is 13.6. The monoisotopic (exact) mass is 614 g/mol. The Kier molecular flexibility index (Phi) is 8.03. The van der Waals surface area contributed by atoms with Crippen LogP contribution in [0.5, 0.6) is 0 Å². The topological polar surface area (TPSA) is 69.0 Å². The molecular weight excluding hydrogens is 572 g/mol. The average Bonchev–Trinajstić information content (AvgIpc) is 3.43. The van der Waals surface area contributed by atoms with Crippen molar-refractivity contribution in [1.29, 1.82) is 0 Å². The van der Waals surface area contributed by atoms with Gasteiger partial charge >= 0.3 is 0 Å². The number of allylic oxidation sites excluding steroid dienone is 1. The summed E-state index contributed by atoms with van der Waals surface area (Å²) in [6, 6.07) is 32.8. The van der Waals surface area contributed by atoms with Crippen LogP contribution in [0.4, 0.5) is 11.4 Å². The van der Waals surface area contributed by atoms with Crippen LogP contribution in [0.1, 0.15) is 61.4 Å². The summed E-state index contributed by atoms with van der Waals surface area (Å²) in [6.07, 6.45) is 1.19. The lowest BCUT2D eigenvalue weighted by molar-refractivity contribution is -0.132. The van der Waals surface area contributed by atoms with Crippen molar-refractivity contribution in [2.45, 2.75) is 45.7 Å². The molecule has 3 aromatic carbocycles. The number of amides is 1. The Hall–Kier alpha value is -4.62. The second kappa shape index (κ2) is 12.3. The van der Waals surface area contributed by atoms with Crippen LogP contribution in [-0.4, -0.2) is 54.2 Å². The highest BCUT2D eigenvalue weighted by Gasteiger charge is 2.43. The van der Waals surface area contributed by atoms with Crippen molar-refractivity contribution < 1.29 is 14.0 Å². The number of carbonyl (C=O) groups is 2. The van der Waals surface area contributed by atoms with Crippen molar-refractivity contribution in [3.63, 3.8) is 0 Å². The third-order valence-corrected chi connectivity index (χ3v) is 9.60. The molecule has 236 valence electrons. The summed E-state index contributed by atoms with van der Waals surface area (Å²) in [5.74, 6) is 1.61. The van der Waals surface area contributed by atoms with Gasteiger partial charge in [0.25, 0.3) is 0 Å². The molecule has 1 atom stereocenters. The molecule has 4 aromatic rings. The first-order valence-electron chi connectivity index (χ1n) is 16.3. The quantitative estimate of drug-likeness (QED) is 0.249. The van der Waals surface area contributed by atoms with E-state index in [0.29, 0.717) is 30.8 Å². The molecule has 3 aliphatic rings. The zero-order valence-corrected chi connectivity index (χ0v) is 26.9. The maximum Gasteiger partial charge on any atom is 0.242 e. The number of nitrogens with one attached hydrogen (secondary N) is 1. The van der Waals surface area contributed by atoms with Crippen molar-refractivity contribution >= 4 is 23.1 Å². The number of para-hydroxylation sites is 2. The third kappa shape index (κ3) is 5.87. The summed E-state index contributed by atoms with van der Waals surface area (Å²) < 4.78 is 6.24. The number of nitrogens with zero attached hydrogens (tertiary/aromatic N) is 3. The zero-order valence-electron chi connectivity index (χ0n) is 26.9. The van der Waals surface area contributed by atoms with Gasteiger partial charge in [0.2, 0.25) is 5.91 Å². The highest BCUT2D eigenvalue weighted by molar-refractivity contribution is 6.01. The molecule has 7 rings (SSSR count). The highest BCUT2D eigenvalue weighted by Crippen LogP contribution is 2.48. The standard InChI is InChI=1S/C39H42N4O3/c1-27-18-19-34(46-27)38-36-31(24-39(2,3)25-33(36)44)40-30-16-10-11-17-32(30)43(38)26-35(45)41-20-22-42(23-21-41)37(28-12-6-4-7-13-28)29-14-8-5-9-15-29/h4-19,37-38,40H,20-26H2,1-3H3. The van der Waals surface area contributed by atoms with E-state index in [1.807, 2.05) is 48.2 Å². The van der Waals surface area contributed by atoms with Crippen molar-refractivity contribution in [2.24, 2.45) is 5.41 Å². The van der Waals surface area contributed by atoms with Crippen molar-refractivity contribution in [3.05, 3.63) is 131 Å². The average molecular weight is 615 g/mol. The molecule has 0 bridgehead atoms. The molecule has 1 aliphatic carbocycles. The Morgan fingerprint density at radius 3 is 2.11 bits per heavy atom. The number of fused-ring (bicyclic) bond motifs is 1. The number of aryl methyl sites for hydroxylation is 1. The number of benzene rings is 3. The molecule has 1 fully saturated rings. The number of rotatable bonds is 6. The predicted octanol–water partition coefficient (Wildman–Crippen LogP) is 7.14. The van der Waals surface area contributed by atoms with Crippen molar-refractivity contribution in [2.75, 3.05) is 42.9 Å². The van der Waals surface area contributed by atoms with Crippen molar-refractivity contribution in [1.82, 2.24) is 9.80 Å². The van der Waals surface area contributed by atoms with Gasteiger partial charge in [-0.25, -0.2) is 0 Å². The summed E-state index contributed by atoms with van der Waals surface area (Å²) in [7, 11) is 0. The molecule has 1 N–H and O–H groups in total. The molecule has 2 aliphatic heterocycles. The Morgan fingerprint density at radius 1 is 0.848 bits per heavy atom. The SMILES string of the molecule is Cc1ccc(C2C3=C(CC(C)(C)CC3=O)Nc3ccccc3N2CC(=O)N2CCN(C(c3ccccc3)c3ccccc3)CC2)o1. The molecule has 0 radical (unpaired) electrons. The first-order valence-corrected chi connectivity index (χ1v) is 16.3. The molecule has 0 spiro atoms. The highest BCUT2D eigenvalue weighted by atomic mass is 16.3. The number of carbonyl (C=O) groups excluding carboxylic acids is 2. The van der Waals surface area contributed by atoms with Crippen LogP contribution in [-0.2, 0) is 9.59 Å². The van der Waals surface area contributed by atoms with Crippen LogP contribution >= 0.6 is 0 Å². The molecular formula is C39H42N4O3. The number of furan rings is 1. The smallest absolute Gasteiger partial charge is 0.242 e. The van der Waals surface area contributed by atoms with Crippen LogP contribution in [0.15, 0.2) is 113 Å². The minimum atomic E-state index is -0.505. The van der Waals surface area contributed by atoms with Crippen LogP contribution < -0.4 is 10.2 Å². The Labute approximate surface area is 271 Å². The van der Waals surface area contributed by atoms with E-state index in [0.717, 1.165) is 42.3 Å². The fourth-order valence-corrected chi connectivity index (χ4v) is 7.48. The largest absolute Gasteiger partial charge is 0.464 e. The fourth-order valence-electron chi connectivity index (χ4n) is 7.48. The Balaban J connectivity index is 1.18. The van der Waals surface area contributed by atoms with E-state index in [4.69, 9.17) is 4.42 Å². The summed E-state index contributed by atoms with van der Waals surface area (Å²) in [5, 5.41) is 3.63. The van der Waals surface area contributed by atoms with Gasteiger partial charge in [-0.2, -0.15) is 0 Å². The number of hydrogen-bond acceptors (Lipinski definition) is 6.